The predicted molar refractivity (Wildman–Crippen MR) is 127 cm³/mol. The summed E-state index contributed by atoms with van der Waals surface area (Å²) < 4.78 is 6.00. The quantitative estimate of drug-likeness (QED) is 0.343. The highest BCUT2D eigenvalue weighted by molar-refractivity contribution is 14.0. The molecule has 1 saturated heterocycles. The fraction of sp³-hybridized carbons (Fsp3) is 0.368. The van der Waals surface area contributed by atoms with Gasteiger partial charge in [-0.3, -0.25) is 4.99 Å². The van der Waals surface area contributed by atoms with Crippen molar-refractivity contribution in [3.63, 3.8) is 0 Å². The Balaban J connectivity index is 0.00000300. The lowest BCUT2D eigenvalue weighted by Gasteiger charge is -2.36. The number of anilines is 1. The summed E-state index contributed by atoms with van der Waals surface area (Å²) >= 11 is 3.38. The lowest BCUT2D eigenvalue weighted by atomic mass is 10.1. The third-order valence-electron chi connectivity index (χ3n) is 4.50. The summed E-state index contributed by atoms with van der Waals surface area (Å²) in [6.07, 6.45) is 1.71. The molecule has 1 aromatic carbocycles. The van der Waals surface area contributed by atoms with Crippen molar-refractivity contribution in [3.8, 4) is 11.9 Å². The van der Waals surface area contributed by atoms with Gasteiger partial charge in [0.15, 0.2) is 5.96 Å². The molecule has 10 heteroatoms. The number of methoxy groups -OCH3 is 1. The largest absolute Gasteiger partial charge is 0.480 e. The van der Waals surface area contributed by atoms with Crippen molar-refractivity contribution in [1.29, 1.82) is 5.26 Å². The molecule has 3 rings (SSSR count). The lowest BCUT2D eigenvalue weighted by Crippen LogP contribution is -2.52. The number of ether oxygens (including phenoxy) is 1. The Morgan fingerprint density at radius 3 is 2.55 bits per heavy atom. The van der Waals surface area contributed by atoms with Gasteiger partial charge in [0, 0.05) is 39.8 Å². The summed E-state index contributed by atoms with van der Waals surface area (Å²) in [5.74, 6) is 2.06. The minimum Gasteiger partial charge on any atom is -0.480 e. The second-order valence-corrected chi connectivity index (χ2v) is 7.07. The Bertz CT molecular complexity index is 877. The SMILES string of the molecule is CN=C(NCc1ccc(C#N)cc1)N1CCN(c2ncc(Br)c(OC)n2)CC1.I. The first-order valence-corrected chi connectivity index (χ1v) is 9.70. The molecular weight excluding hydrogens is 549 g/mol. The van der Waals surface area contributed by atoms with Crippen LogP contribution >= 0.6 is 39.9 Å². The van der Waals surface area contributed by atoms with Crippen LogP contribution in [0.1, 0.15) is 11.1 Å². The third-order valence-corrected chi connectivity index (χ3v) is 5.04. The van der Waals surface area contributed by atoms with Gasteiger partial charge in [0.1, 0.15) is 0 Å². The third kappa shape index (κ3) is 5.93. The van der Waals surface area contributed by atoms with Crippen LogP contribution in [0.3, 0.4) is 0 Å². The van der Waals surface area contributed by atoms with E-state index >= 15 is 0 Å². The number of guanidine groups is 1. The summed E-state index contributed by atoms with van der Waals surface area (Å²) in [5, 5.41) is 12.3. The predicted octanol–water partition coefficient (Wildman–Crippen LogP) is 2.63. The molecule has 2 heterocycles. The summed E-state index contributed by atoms with van der Waals surface area (Å²) in [5.41, 5.74) is 1.77. The van der Waals surface area contributed by atoms with Crippen LogP contribution < -0.4 is 15.0 Å². The van der Waals surface area contributed by atoms with E-state index in [0.717, 1.165) is 42.2 Å². The molecule has 154 valence electrons. The van der Waals surface area contributed by atoms with E-state index in [2.05, 4.69) is 52.1 Å². The zero-order valence-electron chi connectivity index (χ0n) is 16.3. The lowest BCUT2D eigenvalue weighted by molar-refractivity contribution is 0.366. The highest BCUT2D eigenvalue weighted by atomic mass is 127. The van der Waals surface area contributed by atoms with Crippen LogP contribution in [0.25, 0.3) is 0 Å². The molecule has 0 radical (unpaired) electrons. The molecule has 8 nitrogen and oxygen atoms in total. The van der Waals surface area contributed by atoms with Crippen LogP contribution in [-0.2, 0) is 6.54 Å². The fourth-order valence-electron chi connectivity index (χ4n) is 2.97. The van der Waals surface area contributed by atoms with E-state index in [1.54, 1.807) is 20.4 Å². The van der Waals surface area contributed by atoms with E-state index in [1.807, 2.05) is 24.3 Å². The van der Waals surface area contributed by atoms with Gasteiger partial charge in [-0.2, -0.15) is 10.2 Å². The molecule has 1 aliphatic heterocycles. The Morgan fingerprint density at radius 1 is 1.28 bits per heavy atom. The van der Waals surface area contributed by atoms with Crippen LogP contribution in [0, 0.1) is 11.3 Å². The van der Waals surface area contributed by atoms with Gasteiger partial charge < -0.3 is 19.9 Å². The second-order valence-electron chi connectivity index (χ2n) is 6.21. The number of nitriles is 1. The maximum absolute atomic E-state index is 8.89. The van der Waals surface area contributed by atoms with E-state index in [0.29, 0.717) is 23.9 Å². The second kappa shape index (κ2) is 11.2. The average Bonchev–Trinajstić information content (AvgIpc) is 2.75. The smallest absolute Gasteiger partial charge is 0.232 e. The van der Waals surface area contributed by atoms with Crippen LogP contribution in [0.2, 0.25) is 0 Å². The monoisotopic (exact) mass is 571 g/mol. The average molecular weight is 572 g/mol. The first-order valence-electron chi connectivity index (χ1n) is 8.90. The van der Waals surface area contributed by atoms with E-state index in [-0.39, 0.29) is 24.0 Å². The Morgan fingerprint density at radius 2 is 1.97 bits per heavy atom. The normalized spacial score (nSPS) is 14.1. The minimum atomic E-state index is 0. The zero-order chi connectivity index (χ0) is 19.9. The van der Waals surface area contributed by atoms with Gasteiger partial charge in [-0.25, -0.2) is 4.98 Å². The van der Waals surface area contributed by atoms with Crippen molar-refractivity contribution in [1.82, 2.24) is 20.2 Å². The van der Waals surface area contributed by atoms with Crippen molar-refractivity contribution in [2.75, 3.05) is 45.2 Å². The van der Waals surface area contributed by atoms with E-state index in [9.17, 15) is 0 Å². The van der Waals surface area contributed by atoms with Gasteiger partial charge in [0.05, 0.1) is 29.4 Å². The summed E-state index contributed by atoms with van der Waals surface area (Å²) in [6.45, 7) is 3.87. The number of aliphatic imine (C=N–C) groups is 1. The standard InChI is InChI=1S/C19H22BrN7O.HI/c1-22-18(23-12-15-5-3-14(11-21)4-6-15)26-7-9-27(10-8-26)19-24-13-16(20)17(25-19)28-2;/h3-6,13H,7-10,12H2,1-2H3,(H,22,23);1H. The van der Waals surface area contributed by atoms with Crippen LogP contribution in [0.15, 0.2) is 39.9 Å². The molecule has 29 heavy (non-hydrogen) atoms. The Kier molecular flexibility index (Phi) is 8.91. The van der Waals surface area contributed by atoms with E-state index in [4.69, 9.17) is 10.00 Å². The first-order chi connectivity index (χ1) is 13.6. The Hall–Kier alpha value is -2.13. The first kappa shape index (κ1) is 23.2. The molecule has 0 saturated carbocycles. The number of halogens is 2. The molecule has 2 aromatic rings. The number of aromatic nitrogens is 2. The zero-order valence-corrected chi connectivity index (χ0v) is 20.2. The molecule has 0 spiro atoms. The summed E-state index contributed by atoms with van der Waals surface area (Å²) in [4.78, 5) is 17.6. The summed E-state index contributed by atoms with van der Waals surface area (Å²) in [6, 6.07) is 9.69. The minimum absolute atomic E-state index is 0. The van der Waals surface area contributed by atoms with Gasteiger partial charge in [0.2, 0.25) is 11.8 Å². The number of benzene rings is 1. The highest BCUT2D eigenvalue weighted by Gasteiger charge is 2.22. The number of piperazine rings is 1. The van der Waals surface area contributed by atoms with E-state index in [1.165, 1.54) is 0 Å². The van der Waals surface area contributed by atoms with Crippen molar-refractivity contribution < 1.29 is 4.74 Å². The maximum atomic E-state index is 8.89. The van der Waals surface area contributed by atoms with Crippen LogP contribution in [-0.4, -0.2) is 61.2 Å². The van der Waals surface area contributed by atoms with Gasteiger partial charge >= 0.3 is 0 Å². The molecule has 1 N–H and O–H groups in total. The number of rotatable bonds is 4. The van der Waals surface area contributed by atoms with Crippen molar-refractivity contribution >= 4 is 51.8 Å². The van der Waals surface area contributed by atoms with E-state index < -0.39 is 0 Å². The molecule has 0 unspecified atom stereocenters. The molecule has 0 atom stereocenters. The van der Waals surface area contributed by atoms with Gasteiger partial charge in [-0.15, -0.1) is 24.0 Å². The molecule has 0 bridgehead atoms. The number of hydrogen-bond acceptors (Lipinski definition) is 6. The fourth-order valence-corrected chi connectivity index (χ4v) is 3.32. The van der Waals surface area contributed by atoms with Crippen molar-refractivity contribution in [2.24, 2.45) is 4.99 Å². The van der Waals surface area contributed by atoms with Crippen molar-refractivity contribution in [3.05, 3.63) is 46.1 Å². The highest BCUT2D eigenvalue weighted by Crippen LogP contribution is 2.23. The topological polar surface area (TPSA) is 89.7 Å². The van der Waals surface area contributed by atoms with Gasteiger partial charge in [-0.05, 0) is 33.6 Å². The number of nitrogens with zero attached hydrogens (tertiary/aromatic N) is 6. The molecule has 0 amide bonds. The molecule has 1 aromatic heterocycles. The molecule has 1 fully saturated rings. The molecule has 0 aliphatic carbocycles. The molecular formula is C19H23BrIN7O. The van der Waals surface area contributed by atoms with Crippen LogP contribution in [0.4, 0.5) is 5.95 Å². The van der Waals surface area contributed by atoms with Crippen molar-refractivity contribution in [2.45, 2.75) is 6.54 Å². The van der Waals surface area contributed by atoms with Gasteiger partial charge in [-0.1, -0.05) is 12.1 Å². The number of hydrogen-bond donors (Lipinski definition) is 1. The number of nitrogens with one attached hydrogen (secondary N) is 1. The van der Waals surface area contributed by atoms with Gasteiger partial charge in [0.25, 0.3) is 0 Å². The van der Waals surface area contributed by atoms with Crippen LogP contribution in [0.5, 0.6) is 5.88 Å². The molecule has 1 aliphatic rings. The summed E-state index contributed by atoms with van der Waals surface area (Å²) in [7, 11) is 3.38. The Labute approximate surface area is 196 Å². The maximum Gasteiger partial charge on any atom is 0.232 e.